The molecule has 5 nitrogen and oxygen atoms in total. The number of rotatable bonds is 17. The van der Waals surface area contributed by atoms with Gasteiger partial charge < -0.3 is 14.7 Å². The van der Waals surface area contributed by atoms with Crippen molar-refractivity contribution in [2.75, 3.05) is 20.7 Å². The van der Waals surface area contributed by atoms with Gasteiger partial charge in [0.15, 0.2) is 0 Å². The lowest BCUT2D eigenvalue weighted by Crippen LogP contribution is -2.46. The summed E-state index contributed by atoms with van der Waals surface area (Å²) < 4.78 is 7.11. The van der Waals surface area contributed by atoms with Crippen LogP contribution in [0, 0.1) is 0 Å². The molecular weight excluding hydrogens is 483 g/mol. The summed E-state index contributed by atoms with van der Waals surface area (Å²) in [5.74, 6) is 0.718. The summed E-state index contributed by atoms with van der Waals surface area (Å²) in [4.78, 5) is 15.4. The first kappa shape index (κ1) is 31.2. The SMILES string of the molecule is [B][C@@](O)(c1cn(C(=O)CCCCCCC/C=C\C/C=C\CCCCC)c2ccc(OC)cc12)C1CCCN1C. The van der Waals surface area contributed by atoms with E-state index in [-0.39, 0.29) is 11.9 Å². The Bertz CT molecular complexity index is 1090. The van der Waals surface area contributed by atoms with Gasteiger partial charge in [-0.25, -0.2) is 0 Å². The Balaban J connectivity index is 1.47. The normalized spacial score (nSPS) is 18.0. The number of allylic oxidation sites excluding steroid dienone is 4. The Labute approximate surface area is 237 Å². The van der Waals surface area contributed by atoms with Crippen LogP contribution in [-0.2, 0) is 5.50 Å². The van der Waals surface area contributed by atoms with E-state index in [1.54, 1.807) is 17.9 Å². The third-order valence-corrected chi connectivity index (χ3v) is 8.08. The quantitative estimate of drug-likeness (QED) is 0.130. The highest BCUT2D eigenvalue weighted by Crippen LogP contribution is 2.38. The second kappa shape index (κ2) is 16.1. The minimum Gasteiger partial charge on any atom is -0.497 e. The van der Waals surface area contributed by atoms with Gasteiger partial charge in [-0.1, -0.05) is 63.3 Å². The fourth-order valence-electron chi connectivity index (χ4n) is 5.72. The summed E-state index contributed by atoms with van der Waals surface area (Å²) in [7, 11) is 10.2. The van der Waals surface area contributed by atoms with Crippen LogP contribution < -0.4 is 4.74 Å². The Morgan fingerprint density at radius 1 is 1.08 bits per heavy atom. The molecule has 0 bridgehead atoms. The van der Waals surface area contributed by atoms with Crippen LogP contribution in [0.2, 0.25) is 0 Å². The molecule has 2 aromatic rings. The number of unbranched alkanes of at least 4 members (excludes halogenated alkanes) is 8. The van der Waals surface area contributed by atoms with E-state index in [0.29, 0.717) is 17.7 Å². The number of benzene rings is 1. The monoisotopic (exact) mass is 532 g/mol. The van der Waals surface area contributed by atoms with Crippen LogP contribution in [0.15, 0.2) is 48.7 Å². The van der Waals surface area contributed by atoms with Crippen LogP contribution in [0.1, 0.15) is 107 Å². The largest absolute Gasteiger partial charge is 0.497 e. The number of hydrogen-bond acceptors (Lipinski definition) is 4. The second-order valence-electron chi connectivity index (χ2n) is 11.1. The van der Waals surface area contributed by atoms with Gasteiger partial charge in [0, 0.05) is 29.6 Å². The molecule has 1 aliphatic heterocycles. The van der Waals surface area contributed by atoms with E-state index in [4.69, 9.17) is 12.6 Å². The van der Waals surface area contributed by atoms with Crippen molar-refractivity contribution in [2.24, 2.45) is 0 Å². The highest BCUT2D eigenvalue weighted by atomic mass is 16.5. The maximum atomic E-state index is 13.3. The van der Waals surface area contributed by atoms with Crippen molar-refractivity contribution < 1.29 is 14.6 Å². The zero-order valence-corrected chi connectivity index (χ0v) is 24.5. The molecule has 0 spiro atoms. The van der Waals surface area contributed by atoms with Crippen LogP contribution >= 0.6 is 0 Å². The molecule has 2 atom stereocenters. The molecule has 1 aromatic carbocycles. The van der Waals surface area contributed by atoms with E-state index < -0.39 is 5.50 Å². The molecule has 0 aliphatic carbocycles. The summed E-state index contributed by atoms with van der Waals surface area (Å²) in [6, 6.07) is 5.42. The predicted octanol–water partition coefficient (Wildman–Crippen LogP) is 7.51. The molecule has 1 saturated heterocycles. The molecule has 2 heterocycles. The van der Waals surface area contributed by atoms with Gasteiger partial charge in [-0.3, -0.25) is 9.36 Å². The van der Waals surface area contributed by atoms with Crippen LogP contribution in [0.3, 0.4) is 0 Å². The van der Waals surface area contributed by atoms with Crippen molar-refractivity contribution in [1.82, 2.24) is 9.47 Å². The summed E-state index contributed by atoms with van der Waals surface area (Å²) in [6.07, 6.45) is 25.9. The first-order valence-corrected chi connectivity index (χ1v) is 15.1. The summed E-state index contributed by atoms with van der Waals surface area (Å²) in [6.45, 7) is 3.14. The van der Waals surface area contributed by atoms with Gasteiger partial charge in [-0.05, 0) is 83.2 Å². The number of aliphatic hydroxyl groups is 1. The van der Waals surface area contributed by atoms with Gasteiger partial charge in [0.25, 0.3) is 0 Å². The molecule has 212 valence electrons. The average Bonchev–Trinajstić information content (AvgIpc) is 3.55. The number of methoxy groups -OCH3 is 1. The third-order valence-electron chi connectivity index (χ3n) is 8.08. The molecule has 6 heteroatoms. The minimum atomic E-state index is -1.55. The van der Waals surface area contributed by atoms with Crippen molar-refractivity contribution in [3.8, 4) is 5.75 Å². The van der Waals surface area contributed by atoms with Crippen LogP contribution in [-0.4, -0.2) is 55.1 Å². The van der Waals surface area contributed by atoms with Crippen molar-refractivity contribution in [1.29, 1.82) is 0 Å². The second-order valence-corrected chi connectivity index (χ2v) is 11.1. The minimum absolute atomic E-state index is 0.0395. The van der Waals surface area contributed by atoms with Crippen LogP contribution in [0.5, 0.6) is 5.75 Å². The van der Waals surface area contributed by atoms with Gasteiger partial charge in [-0.15, -0.1) is 0 Å². The molecular formula is C33H49BN2O3. The first-order chi connectivity index (χ1) is 18.9. The fraction of sp³-hybridized carbons (Fsp3) is 0.606. The number of ether oxygens (including phenoxy) is 1. The van der Waals surface area contributed by atoms with E-state index in [1.807, 2.05) is 25.2 Å². The Kier molecular flexibility index (Phi) is 12.9. The van der Waals surface area contributed by atoms with E-state index in [0.717, 1.165) is 62.4 Å². The van der Waals surface area contributed by atoms with Crippen LogP contribution in [0.25, 0.3) is 10.9 Å². The number of aromatic nitrogens is 1. The lowest BCUT2D eigenvalue weighted by Gasteiger charge is -2.35. The van der Waals surface area contributed by atoms with Gasteiger partial charge in [0.1, 0.15) is 13.6 Å². The van der Waals surface area contributed by atoms with E-state index in [9.17, 15) is 9.90 Å². The third kappa shape index (κ3) is 8.84. The lowest BCUT2D eigenvalue weighted by molar-refractivity contribution is 0.0446. The lowest BCUT2D eigenvalue weighted by atomic mass is 9.69. The Morgan fingerprint density at radius 2 is 1.77 bits per heavy atom. The molecule has 1 N–H and O–H groups in total. The zero-order valence-electron chi connectivity index (χ0n) is 24.5. The van der Waals surface area contributed by atoms with Gasteiger partial charge in [-0.2, -0.15) is 0 Å². The molecule has 1 aromatic heterocycles. The maximum Gasteiger partial charge on any atom is 0.231 e. The van der Waals surface area contributed by atoms with Gasteiger partial charge >= 0.3 is 0 Å². The molecule has 1 unspecified atom stereocenters. The maximum absolute atomic E-state index is 13.3. The molecule has 2 radical (unpaired) electrons. The first-order valence-electron chi connectivity index (χ1n) is 15.1. The van der Waals surface area contributed by atoms with Crippen molar-refractivity contribution in [3.63, 3.8) is 0 Å². The van der Waals surface area contributed by atoms with Crippen LogP contribution in [0.4, 0.5) is 0 Å². The number of hydrogen-bond donors (Lipinski definition) is 1. The molecule has 0 amide bonds. The summed E-state index contributed by atoms with van der Waals surface area (Å²) in [5, 5.41) is 12.3. The van der Waals surface area contributed by atoms with Crippen molar-refractivity contribution in [3.05, 3.63) is 54.3 Å². The van der Waals surface area contributed by atoms with E-state index in [1.165, 1.54) is 38.5 Å². The van der Waals surface area contributed by atoms with Gasteiger partial charge in [0.05, 0.1) is 18.1 Å². The molecule has 1 aliphatic rings. The predicted molar refractivity (Wildman–Crippen MR) is 164 cm³/mol. The Hall–Kier alpha value is -2.31. The summed E-state index contributed by atoms with van der Waals surface area (Å²) >= 11 is 0. The number of likely N-dealkylation sites (tertiary alicyclic amines) is 1. The van der Waals surface area contributed by atoms with Crippen molar-refractivity contribution in [2.45, 2.75) is 108 Å². The fourth-order valence-corrected chi connectivity index (χ4v) is 5.72. The average molecular weight is 533 g/mol. The number of likely N-dealkylation sites (N-methyl/N-ethyl adjacent to an activating group) is 1. The number of carbonyl (C=O) groups is 1. The van der Waals surface area contributed by atoms with Gasteiger partial charge in [0.2, 0.25) is 5.91 Å². The smallest absolute Gasteiger partial charge is 0.231 e. The zero-order chi connectivity index (χ0) is 28.1. The Morgan fingerprint density at radius 3 is 2.44 bits per heavy atom. The van der Waals surface area contributed by atoms with Crippen molar-refractivity contribution >= 4 is 24.7 Å². The van der Waals surface area contributed by atoms with E-state index >= 15 is 0 Å². The molecule has 3 rings (SSSR count). The molecule has 0 saturated carbocycles. The van der Waals surface area contributed by atoms with E-state index in [2.05, 4.69) is 36.1 Å². The standard InChI is InChI=1S/C33H49BN2O3/c1-4-5-6-7-8-9-10-11-12-13-14-15-16-17-18-21-32(37)36-26-29(28-25-27(39-3)22-23-30(28)36)33(34,38)31-20-19-24-35(31)2/h8-9,11-12,22-23,25-26,31,38H,4-7,10,13-21,24H2,1-3H3/b9-8-,12-11-/t31?,33-/m1/s1. The highest BCUT2D eigenvalue weighted by molar-refractivity contribution is 6.17. The number of fused-ring (bicyclic) bond motifs is 1. The molecule has 39 heavy (non-hydrogen) atoms. The highest BCUT2D eigenvalue weighted by Gasteiger charge is 2.40. The number of nitrogens with zero attached hydrogens (tertiary/aromatic N) is 2. The number of carbonyl (C=O) groups excluding carboxylic acids is 1. The summed E-state index contributed by atoms with van der Waals surface area (Å²) in [5.41, 5.74) is -0.202. The topological polar surface area (TPSA) is 54.7 Å². The molecule has 1 fully saturated rings.